The number of ether oxygens (including phenoxy) is 1. The molecule has 0 radical (unpaired) electrons. The molecular formula is C22H19FN4O2. The Morgan fingerprint density at radius 2 is 1.86 bits per heavy atom. The number of carbonyl (C=O) groups is 1. The molecule has 2 aromatic heterocycles. The van der Waals surface area contributed by atoms with Crippen molar-refractivity contribution in [1.29, 1.82) is 0 Å². The van der Waals surface area contributed by atoms with Crippen LogP contribution in [0.15, 0.2) is 60.8 Å². The maximum absolute atomic E-state index is 13.3. The minimum Gasteiger partial charge on any atom is -0.497 e. The van der Waals surface area contributed by atoms with Gasteiger partial charge in [-0.2, -0.15) is 5.10 Å². The van der Waals surface area contributed by atoms with Crippen LogP contribution < -0.4 is 10.1 Å². The van der Waals surface area contributed by atoms with E-state index in [1.807, 2.05) is 24.3 Å². The number of nitrogens with zero attached hydrogens (tertiary/aromatic N) is 3. The number of fused-ring (bicyclic) bond motifs is 1. The first-order chi connectivity index (χ1) is 14.0. The van der Waals surface area contributed by atoms with Gasteiger partial charge in [-0.15, -0.1) is 0 Å². The summed E-state index contributed by atoms with van der Waals surface area (Å²) in [4.78, 5) is 17.5. The van der Waals surface area contributed by atoms with Gasteiger partial charge in [0.25, 0.3) is 5.91 Å². The third-order valence-electron chi connectivity index (χ3n) is 4.70. The predicted molar refractivity (Wildman–Crippen MR) is 108 cm³/mol. The largest absolute Gasteiger partial charge is 0.497 e. The van der Waals surface area contributed by atoms with E-state index in [0.717, 1.165) is 16.9 Å². The average Bonchev–Trinajstić information content (AvgIpc) is 3.13. The molecule has 0 aliphatic heterocycles. The quantitative estimate of drug-likeness (QED) is 0.564. The smallest absolute Gasteiger partial charge is 0.252 e. The number of pyridine rings is 1. The highest BCUT2D eigenvalue weighted by Gasteiger charge is 2.16. The third kappa shape index (κ3) is 3.80. The van der Waals surface area contributed by atoms with Crippen molar-refractivity contribution in [3.8, 4) is 17.0 Å². The molecule has 7 heteroatoms. The Morgan fingerprint density at radius 3 is 2.55 bits per heavy atom. The summed E-state index contributed by atoms with van der Waals surface area (Å²) in [7, 11) is 3.38. The van der Waals surface area contributed by atoms with Gasteiger partial charge in [-0.3, -0.25) is 9.48 Å². The van der Waals surface area contributed by atoms with Crippen molar-refractivity contribution in [3.05, 3.63) is 77.7 Å². The number of hydrogen-bond acceptors (Lipinski definition) is 4. The van der Waals surface area contributed by atoms with E-state index in [1.54, 1.807) is 43.2 Å². The number of benzene rings is 2. The minimum absolute atomic E-state index is 0.232. The number of aromatic nitrogens is 3. The summed E-state index contributed by atoms with van der Waals surface area (Å²) >= 11 is 0. The van der Waals surface area contributed by atoms with Crippen LogP contribution in [-0.2, 0) is 13.6 Å². The Morgan fingerprint density at radius 1 is 1.14 bits per heavy atom. The molecule has 1 amide bonds. The first-order valence-corrected chi connectivity index (χ1v) is 9.05. The van der Waals surface area contributed by atoms with Crippen molar-refractivity contribution in [2.24, 2.45) is 7.05 Å². The normalized spacial score (nSPS) is 10.9. The molecule has 1 N–H and O–H groups in total. The first kappa shape index (κ1) is 18.6. The summed E-state index contributed by atoms with van der Waals surface area (Å²) in [5, 5.41) is 7.82. The fourth-order valence-electron chi connectivity index (χ4n) is 3.09. The lowest BCUT2D eigenvalue weighted by Crippen LogP contribution is -2.23. The Labute approximate surface area is 167 Å². The summed E-state index contributed by atoms with van der Waals surface area (Å²) in [6.45, 7) is 0.374. The second kappa shape index (κ2) is 7.71. The average molecular weight is 390 g/mol. The van der Waals surface area contributed by atoms with Crippen molar-refractivity contribution in [2.75, 3.05) is 7.11 Å². The summed E-state index contributed by atoms with van der Waals surface area (Å²) < 4.78 is 20.0. The fraction of sp³-hybridized carbons (Fsp3) is 0.136. The molecule has 0 unspecified atom stereocenters. The second-order valence-corrected chi connectivity index (χ2v) is 6.60. The number of rotatable bonds is 5. The standard InChI is InChI=1S/C22H19FN4O2/c1-27-21-19(13-25-27)18(11-20(26-21)15-5-7-16(23)8-6-15)22(28)24-12-14-3-9-17(29-2)10-4-14/h3-11,13H,12H2,1-2H3,(H,24,28). The van der Waals surface area contributed by atoms with Crippen molar-refractivity contribution in [2.45, 2.75) is 6.54 Å². The molecule has 0 bridgehead atoms. The molecule has 29 heavy (non-hydrogen) atoms. The molecular weight excluding hydrogens is 371 g/mol. The molecule has 0 aliphatic rings. The molecule has 0 atom stereocenters. The van der Waals surface area contributed by atoms with Crippen LogP contribution in [0, 0.1) is 5.82 Å². The topological polar surface area (TPSA) is 69.0 Å². The van der Waals surface area contributed by atoms with E-state index in [-0.39, 0.29) is 11.7 Å². The van der Waals surface area contributed by atoms with Crippen LogP contribution in [0.25, 0.3) is 22.3 Å². The van der Waals surface area contributed by atoms with Crippen LogP contribution in [-0.4, -0.2) is 27.8 Å². The maximum atomic E-state index is 13.3. The molecule has 0 saturated carbocycles. The molecule has 2 heterocycles. The molecule has 0 spiro atoms. The number of carbonyl (C=O) groups excluding carboxylic acids is 1. The van der Waals surface area contributed by atoms with Gasteiger partial charge in [-0.1, -0.05) is 12.1 Å². The maximum Gasteiger partial charge on any atom is 0.252 e. The number of nitrogens with one attached hydrogen (secondary N) is 1. The Hall–Kier alpha value is -3.74. The zero-order valence-corrected chi connectivity index (χ0v) is 16.0. The van der Waals surface area contributed by atoms with E-state index in [0.29, 0.717) is 28.8 Å². The lowest BCUT2D eigenvalue weighted by atomic mass is 10.1. The van der Waals surface area contributed by atoms with Crippen LogP contribution in [0.5, 0.6) is 5.75 Å². The Kier molecular flexibility index (Phi) is 4.95. The van der Waals surface area contributed by atoms with E-state index in [9.17, 15) is 9.18 Å². The number of amides is 1. The van der Waals surface area contributed by atoms with Crippen LogP contribution in [0.4, 0.5) is 4.39 Å². The van der Waals surface area contributed by atoms with Crippen molar-refractivity contribution < 1.29 is 13.9 Å². The molecule has 0 saturated heterocycles. The van der Waals surface area contributed by atoms with Gasteiger partial charge in [-0.25, -0.2) is 9.37 Å². The molecule has 4 rings (SSSR count). The first-order valence-electron chi connectivity index (χ1n) is 9.05. The highest BCUT2D eigenvalue weighted by molar-refractivity contribution is 6.06. The zero-order chi connectivity index (χ0) is 20.4. The van der Waals surface area contributed by atoms with E-state index in [4.69, 9.17) is 4.74 Å². The van der Waals surface area contributed by atoms with Gasteiger partial charge < -0.3 is 10.1 Å². The van der Waals surface area contributed by atoms with Crippen molar-refractivity contribution in [3.63, 3.8) is 0 Å². The molecule has 0 aliphatic carbocycles. The van der Waals surface area contributed by atoms with E-state index in [1.165, 1.54) is 12.1 Å². The van der Waals surface area contributed by atoms with Crippen molar-refractivity contribution >= 4 is 16.9 Å². The van der Waals surface area contributed by atoms with Gasteiger partial charge in [0.05, 0.1) is 30.0 Å². The van der Waals surface area contributed by atoms with Gasteiger partial charge >= 0.3 is 0 Å². The second-order valence-electron chi connectivity index (χ2n) is 6.60. The Bertz CT molecular complexity index is 1170. The molecule has 6 nitrogen and oxygen atoms in total. The molecule has 146 valence electrons. The summed E-state index contributed by atoms with van der Waals surface area (Å²) in [5.41, 5.74) is 3.31. The fourth-order valence-corrected chi connectivity index (χ4v) is 3.09. The highest BCUT2D eigenvalue weighted by Crippen LogP contribution is 2.25. The van der Waals surface area contributed by atoms with Crippen LogP contribution in [0.3, 0.4) is 0 Å². The lowest BCUT2D eigenvalue weighted by Gasteiger charge is -2.09. The van der Waals surface area contributed by atoms with Gasteiger partial charge in [-0.05, 0) is 48.0 Å². The summed E-state index contributed by atoms with van der Waals surface area (Å²) in [6.07, 6.45) is 1.62. The number of halogens is 1. The van der Waals surface area contributed by atoms with Gasteiger partial charge in [0.2, 0.25) is 0 Å². The number of methoxy groups -OCH3 is 1. The van der Waals surface area contributed by atoms with E-state index in [2.05, 4.69) is 15.4 Å². The van der Waals surface area contributed by atoms with E-state index >= 15 is 0 Å². The van der Waals surface area contributed by atoms with Gasteiger partial charge in [0, 0.05) is 19.2 Å². The molecule has 0 fully saturated rings. The molecule has 2 aromatic carbocycles. The molecule has 4 aromatic rings. The zero-order valence-electron chi connectivity index (χ0n) is 16.0. The van der Waals surface area contributed by atoms with Gasteiger partial charge in [0.15, 0.2) is 5.65 Å². The minimum atomic E-state index is -0.326. The van der Waals surface area contributed by atoms with Crippen LogP contribution in [0.1, 0.15) is 15.9 Å². The van der Waals surface area contributed by atoms with Crippen LogP contribution >= 0.6 is 0 Å². The summed E-state index contributed by atoms with van der Waals surface area (Å²) in [5.74, 6) is 0.201. The van der Waals surface area contributed by atoms with E-state index < -0.39 is 0 Å². The number of hydrogen-bond donors (Lipinski definition) is 1. The SMILES string of the molecule is COc1ccc(CNC(=O)c2cc(-c3ccc(F)cc3)nc3c2cnn3C)cc1. The van der Waals surface area contributed by atoms with Crippen molar-refractivity contribution in [1.82, 2.24) is 20.1 Å². The lowest BCUT2D eigenvalue weighted by molar-refractivity contribution is 0.0952. The predicted octanol–water partition coefficient (Wildman–Crippen LogP) is 3.71. The highest BCUT2D eigenvalue weighted by atomic mass is 19.1. The summed E-state index contributed by atoms with van der Waals surface area (Å²) in [6, 6.07) is 15.2. The third-order valence-corrected chi connectivity index (χ3v) is 4.70. The Balaban J connectivity index is 1.65. The van der Waals surface area contributed by atoms with Crippen LogP contribution in [0.2, 0.25) is 0 Å². The monoisotopic (exact) mass is 390 g/mol. The number of aryl methyl sites for hydroxylation is 1. The van der Waals surface area contributed by atoms with Gasteiger partial charge in [0.1, 0.15) is 11.6 Å².